The summed E-state index contributed by atoms with van der Waals surface area (Å²) in [6.07, 6.45) is 2.29. The summed E-state index contributed by atoms with van der Waals surface area (Å²) in [6.45, 7) is 6.15. The van der Waals surface area contributed by atoms with Crippen molar-refractivity contribution in [3.8, 4) is 5.75 Å². The molecule has 0 spiro atoms. The predicted molar refractivity (Wildman–Crippen MR) is 98.8 cm³/mol. The molecule has 1 aliphatic heterocycles. The number of carbonyl (C=O) groups excluding carboxylic acids is 1. The molecule has 5 heteroatoms. The van der Waals surface area contributed by atoms with Crippen molar-refractivity contribution in [2.45, 2.75) is 32.7 Å². The lowest BCUT2D eigenvalue weighted by Crippen LogP contribution is -2.32. The molecule has 1 unspecified atom stereocenters. The maximum atomic E-state index is 12.4. The fraction of sp³-hybridized carbons (Fsp3) is 0.421. The van der Waals surface area contributed by atoms with E-state index >= 15 is 0 Å². The van der Waals surface area contributed by atoms with Crippen molar-refractivity contribution in [1.82, 2.24) is 4.90 Å². The summed E-state index contributed by atoms with van der Waals surface area (Å²) >= 11 is 1.84. The molecule has 1 N–H and O–H groups in total. The lowest BCUT2D eigenvalue weighted by molar-refractivity contribution is -0.117. The lowest BCUT2D eigenvalue weighted by atomic mass is 10.2. The van der Waals surface area contributed by atoms with Gasteiger partial charge < -0.3 is 10.1 Å². The van der Waals surface area contributed by atoms with Gasteiger partial charge in [0.25, 0.3) is 0 Å². The van der Waals surface area contributed by atoms with E-state index < -0.39 is 0 Å². The van der Waals surface area contributed by atoms with Crippen LogP contribution >= 0.6 is 11.3 Å². The van der Waals surface area contributed by atoms with Gasteiger partial charge in [-0.1, -0.05) is 0 Å². The number of thiophene rings is 1. The molecule has 1 atom stereocenters. The molecule has 1 aliphatic rings. The molecule has 0 radical (unpaired) electrons. The molecule has 0 aliphatic carbocycles. The maximum absolute atomic E-state index is 12.4. The fourth-order valence-electron chi connectivity index (χ4n) is 3.16. The number of amides is 1. The van der Waals surface area contributed by atoms with Crippen molar-refractivity contribution in [3.05, 3.63) is 46.2 Å². The minimum Gasteiger partial charge on any atom is -0.494 e. The molecular weight excluding hydrogens is 320 g/mol. The standard InChI is InChI=1S/C19H24N2O2S/c1-3-23-16-9-7-15(8-10-16)20-19(22)13-21-12-4-5-17(21)18-11-6-14(2)24-18/h6-11,17H,3-5,12-13H2,1-2H3,(H,20,22). The van der Waals surface area contributed by atoms with Crippen molar-refractivity contribution in [1.29, 1.82) is 0 Å². The molecule has 2 heterocycles. The number of carbonyl (C=O) groups is 1. The number of hydrogen-bond acceptors (Lipinski definition) is 4. The van der Waals surface area contributed by atoms with Crippen LogP contribution in [0.2, 0.25) is 0 Å². The molecule has 3 rings (SSSR count). The highest BCUT2D eigenvalue weighted by Gasteiger charge is 2.28. The number of hydrogen-bond donors (Lipinski definition) is 1. The van der Waals surface area contributed by atoms with Gasteiger partial charge in [0.05, 0.1) is 13.2 Å². The van der Waals surface area contributed by atoms with Crippen molar-refractivity contribution < 1.29 is 9.53 Å². The van der Waals surface area contributed by atoms with Crippen LogP contribution in [0.25, 0.3) is 0 Å². The average Bonchev–Trinajstić information content (AvgIpc) is 3.18. The Bertz CT molecular complexity index is 681. The Balaban J connectivity index is 1.57. The SMILES string of the molecule is CCOc1ccc(NC(=O)CN2CCCC2c2ccc(C)s2)cc1. The zero-order valence-corrected chi connectivity index (χ0v) is 15.1. The van der Waals surface area contributed by atoms with Crippen molar-refractivity contribution in [3.63, 3.8) is 0 Å². The van der Waals surface area contributed by atoms with Gasteiger partial charge in [-0.25, -0.2) is 0 Å². The molecule has 1 aromatic heterocycles. The van der Waals surface area contributed by atoms with Crippen molar-refractivity contribution in [2.75, 3.05) is 25.0 Å². The topological polar surface area (TPSA) is 41.6 Å². The number of nitrogens with zero attached hydrogens (tertiary/aromatic N) is 1. The number of benzene rings is 1. The second-order valence-electron chi connectivity index (χ2n) is 6.08. The third-order valence-corrected chi connectivity index (χ3v) is 5.35. The first-order valence-electron chi connectivity index (χ1n) is 8.49. The molecule has 1 amide bonds. The van der Waals surface area contributed by atoms with Crippen molar-refractivity contribution in [2.24, 2.45) is 0 Å². The summed E-state index contributed by atoms with van der Waals surface area (Å²) in [6, 6.07) is 12.3. The Morgan fingerprint density at radius 3 is 2.75 bits per heavy atom. The zero-order chi connectivity index (χ0) is 16.9. The smallest absolute Gasteiger partial charge is 0.238 e. The van der Waals surface area contributed by atoms with E-state index in [0.29, 0.717) is 19.2 Å². The highest BCUT2D eigenvalue weighted by molar-refractivity contribution is 7.12. The van der Waals surface area contributed by atoms with Gasteiger partial charge in [0, 0.05) is 21.5 Å². The van der Waals surface area contributed by atoms with Crippen molar-refractivity contribution >= 4 is 22.9 Å². The van der Waals surface area contributed by atoms with Gasteiger partial charge in [-0.05, 0) is 69.6 Å². The van der Waals surface area contributed by atoms with E-state index in [1.165, 1.54) is 9.75 Å². The first kappa shape index (κ1) is 17.0. The van der Waals surface area contributed by atoms with Gasteiger partial charge in [-0.2, -0.15) is 0 Å². The van der Waals surface area contributed by atoms with Crippen LogP contribution < -0.4 is 10.1 Å². The Morgan fingerprint density at radius 1 is 1.29 bits per heavy atom. The first-order chi connectivity index (χ1) is 11.7. The number of nitrogens with one attached hydrogen (secondary N) is 1. The van der Waals surface area contributed by atoms with E-state index in [1.807, 2.05) is 42.5 Å². The summed E-state index contributed by atoms with van der Waals surface area (Å²) < 4.78 is 5.42. The molecule has 128 valence electrons. The monoisotopic (exact) mass is 344 g/mol. The highest BCUT2D eigenvalue weighted by Crippen LogP contribution is 2.35. The van der Waals surface area contributed by atoms with Crippen LogP contribution in [0.15, 0.2) is 36.4 Å². The van der Waals surface area contributed by atoms with E-state index in [0.717, 1.165) is 30.8 Å². The van der Waals surface area contributed by atoms with E-state index in [4.69, 9.17) is 4.74 Å². The maximum Gasteiger partial charge on any atom is 0.238 e. The molecule has 0 bridgehead atoms. The second kappa shape index (κ2) is 7.81. The second-order valence-corrected chi connectivity index (χ2v) is 7.40. The third kappa shape index (κ3) is 4.16. The Labute approximate surface area is 147 Å². The van der Waals surface area contributed by atoms with Gasteiger partial charge >= 0.3 is 0 Å². The number of rotatable bonds is 6. The lowest BCUT2D eigenvalue weighted by Gasteiger charge is -2.23. The number of aryl methyl sites for hydroxylation is 1. The molecule has 4 nitrogen and oxygen atoms in total. The van der Waals surface area contributed by atoms with Gasteiger partial charge in [0.2, 0.25) is 5.91 Å². The van der Waals surface area contributed by atoms with E-state index in [1.54, 1.807) is 0 Å². The van der Waals surface area contributed by atoms with E-state index in [9.17, 15) is 4.79 Å². The molecule has 0 saturated carbocycles. The fourth-order valence-corrected chi connectivity index (χ4v) is 4.20. The van der Waals surface area contributed by atoms with Crippen LogP contribution in [0, 0.1) is 6.92 Å². The van der Waals surface area contributed by atoms with Gasteiger partial charge in [-0.3, -0.25) is 9.69 Å². The van der Waals surface area contributed by atoms with E-state index in [-0.39, 0.29) is 5.91 Å². The predicted octanol–water partition coefficient (Wildman–Crippen LogP) is 4.23. The normalized spacial score (nSPS) is 17.8. The molecular formula is C19H24N2O2S. The quantitative estimate of drug-likeness (QED) is 0.852. The first-order valence-corrected chi connectivity index (χ1v) is 9.30. The summed E-state index contributed by atoms with van der Waals surface area (Å²) in [7, 11) is 0. The zero-order valence-electron chi connectivity index (χ0n) is 14.2. The summed E-state index contributed by atoms with van der Waals surface area (Å²) in [4.78, 5) is 17.4. The van der Waals surface area contributed by atoms with Crippen LogP contribution in [0.3, 0.4) is 0 Å². The van der Waals surface area contributed by atoms with Crippen LogP contribution in [-0.4, -0.2) is 30.5 Å². The Kier molecular flexibility index (Phi) is 5.53. The van der Waals surface area contributed by atoms with Crippen LogP contribution in [0.5, 0.6) is 5.75 Å². The minimum absolute atomic E-state index is 0.0411. The number of ether oxygens (including phenoxy) is 1. The summed E-state index contributed by atoms with van der Waals surface area (Å²) in [5.41, 5.74) is 0.811. The molecule has 1 fully saturated rings. The Morgan fingerprint density at radius 2 is 2.08 bits per heavy atom. The molecule has 2 aromatic rings. The highest BCUT2D eigenvalue weighted by atomic mass is 32.1. The Hall–Kier alpha value is -1.85. The summed E-state index contributed by atoms with van der Waals surface area (Å²) in [5.74, 6) is 0.863. The molecule has 24 heavy (non-hydrogen) atoms. The third-order valence-electron chi connectivity index (χ3n) is 4.25. The molecule has 1 saturated heterocycles. The van der Waals surface area contributed by atoms with Crippen LogP contribution in [0.1, 0.15) is 35.6 Å². The minimum atomic E-state index is 0.0411. The van der Waals surface area contributed by atoms with Gasteiger partial charge in [0.1, 0.15) is 5.75 Å². The van der Waals surface area contributed by atoms with Gasteiger partial charge in [-0.15, -0.1) is 11.3 Å². The van der Waals surface area contributed by atoms with E-state index in [2.05, 4.69) is 29.3 Å². The van der Waals surface area contributed by atoms with Gasteiger partial charge in [0.15, 0.2) is 0 Å². The van der Waals surface area contributed by atoms with Crippen LogP contribution in [-0.2, 0) is 4.79 Å². The number of anilines is 1. The largest absolute Gasteiger partial charge is 0.494 e. The number of likely N-dealkylation sites (tertiary alicyclic amines) is 1. The summed E-state index contributed by atoms with van der Waals surface area (Å²) in [5, 5.41) is 2.98. The average molecular weight is 344 g/mol. The van der Waals surface area contributed by atoms with Crippen LogP contribution in [0.4, 0.5) is 5.69 Å². The molecule has 1 aromatic carbocycles.